The molecule has 6 nitrogen and oxygen atoms in total. The van der Waals surface area contributed by atoms with E-state index < -0.39 is 5.41 Å². The van der Waals surface area contributed by atoms with Gasteiger partial charge in [0.15, 0.2) is 6.61 Å². The summed E-state index contributed by atoms with van der Waals surface area (Å²) in [6.07, 6.45) is 0. The van der Waals surface area contributed by atoms with Gasteiger partial charge in [-0.2, -0.15) is 0 Å². The molecule has 2 aromatic carbocycles. The largest absolute Gasteiger partial charge is 0.495 e. The molecule has 0 atom stereocenters. The molecule has 0 fully saturated rings. The summed E-state index contributed by atoms with van der Waals surface area (Å²) in [5.41, 5.74) is 0.841. The fourth-order valence-corrected chi connectivity index (χ4v) is 2.73. The van der Waals surface area contributed by atoms with Crippen LogP contribution in [0.15, 0.2) is 42.5 Å². The Morgan fingerprint density at radius 2 is 1.75 bits per heavy atom. The first-order chi connectivity index (χ1) is 13.1. The van der Waals surface area contributed by atoms with E-state index in [0.717, 1.165) is 5.69 Å². The molecule has 2 amide bonds. The van der Waals surface area contributed by atoms with E-state index in [-0.39, 0.29) is 18.4 Å². The van der Waals surface area contributed by atoms with Crippen molar-refractivity contribution < 1.29 is 19.1 Å². The number of nitrogens with zero attached hydrogens (tertiary/aromatic N) is 1. The first-order valence-electron chi connectivity index (χ1n) is 8.76. The monoisotopic (exact) mass is 404 g/mol. The van der Waals surface area contributed by atoms with E-state index in [9.17, 15) is 9.59 Å². The second kappa shape index (κ2) is 8.97. The lowest BCUT2D eigenvalue weighted by Gasteiger charge is -2.26. The van der Waals surface area contributed by atoms with Crippen molar-refractivity contribution in [1.82, 2.24) is 0 Å². The highest BCUT2D eigenvalue weighted by molar-refractivity contribution is 6.32. The first kappa shape index (κ1) is 21.6. The van der Waals surface area contributed by atoms with Gasteiger partial charge in [-0.25, -0.2) is 0 Å². The Labute approximate surface area is 170 Å². The Kier molecular flexibility index (Phi) is 6.91. The Morgan fingerprint density at radius 3 is 2.29 bits per heavy atom. The van der Waals surface area contributed by atoms with Gasteiger partial charge in [0.25, 0.3) is 5.91 Å². The Morgan fingerprint density at radius 1 is 1.11 bits per heavy atom. The minimum Gasteiger partial charge on any atom is -0.495 e. The average molecular weight is 405 g/mol. The van der Waals surface area contributed by atoms with Crippen LogP contribution in [0.5, 0.6) is 11.5 Å². The number of hydrogen-bond acceptors (Lipinski definition) is 4. The summed E-state index contributed by atoms with van der Waals surface area (Å²) in [7, 11) is 3.26. The second-order valence-corrected chi connectivity index (χ2v) is 7.70. The average Bonchev–Trinajstić information content (AvgIpc) is 2.65. The maximum Gasteiger partial charge on any atom is 0.262 e. The molecule has 0 aromatic heterocycles. The van der Waals surface area contributed by atoms with Crippen LogP contribution in [-0.4, -0.2) is 32.6 Å². The highest BCUT2D eigenvalue weighted by Gasteiger charge is 2.25. The molecule has 0 heterocycles. The van der Waals surface area contributed by atoms with Crippen molar-refractivity contribution in [3.63, 3.8) is 0 Å². The molecule has 0 saturated heterocycles. The second-order valence-electron chi connectivity index (χ2n) is 7.29. The lowest BCUT2D eigenvalue weighted by Crippen LogP contribution is -2.36. The standard InChI is InChI=1S/C21H25ClN2O4/c1-21(2,3)20(26)24(4)15-7-9-16(10-8-15)28-13-19(25)23-14-6-11-18(27-5)17(22)12-14/h6-12H,13H2,1-5H3,(H,23,25). The Balaban J connectivity index is 1.91. The number of hydrogen-bond donors (Lipinski definition) is 1. The molecule has 0 saturated carbocycles. The molecular formula is C21H25ClN2O4. The third kappa shape index (κ3) is 5.63. The topological polar surface area (TPSA) is 67.9 Å². The third-order valence-electron chi connectivity index (χ3n) is 3.98. The minimum absolute atomic E-state index is 0.0127. The lowest BCUT2D eigenvalue weighted by atomic mass is 9.95. The van der Waals surface area contributed by atoms with Gasteiger partial charge in [0.2, 0.25) is 5.91 Å². The van der Waals surface area contributed by atoms with Crippen LogP contribution in [0.2, 0.25) is 5.02 Å². The van der Waals surface area contributed by atoms with Crippen molar-refractivity contribution in [3.05, 3.63) is 47.5 Å². The summed E-state index contributed by atoms with van der Waals surface area (Å²) in [4.78, 5) is 26.0. The van der Waals surface area contributed by atoms with E-state index in [1.165, 1.54) is 7.11 Å². The van der Waals surface area contributed by atoms with E-state index in [1.54, 1.807) is 54.4 Å². The number of carbonyl (C=O) groups is 2. The molecule has 7 heteroatoms. The molecule has 1 N–H and O–H groups in total. The first-order valence-corrected chi connectivity index (χ1v) is 9.14. The van der Waals surface area contributed by atoms with Crippen molar-refractivity contribution >= 4 is 34.8 Å². The maximum atomic E-state index is 12.3. The number of ether oxygens (including phenoxy) is 2. The van der Waals surface area contributed by atoms with E-state index >= 15 is 0 Å². The lowest BCUT2D eigenvalue weighted by molar-refractivity contribution is -0.125. The Hall–Kier alpha value is -2.73. The molecule has 0 spiro atoms. The third-order valence-corrected chi connectivity index (χ3v) is 4.27. The van der Waals surface area contributed by atoms with Crippen molar-refractivity contribution in [1.29, 1.82) is 0 Å². The number of nitrogens with one attached hydrogen (secondary N) is 1. The van der Waals surface area contributed by atoms with Crippen LogP contribution in [0, 0.1) is 5.41 Å². The van der Waals surface area contributed by atoms with E-state index in [0.29, 0.717) is 22.2 Å². The van der Waals surface area contributed by atoms with Crippen LogP contribution in [-0.2, 0) is 9.59 Å². The molecule has 28 heavy (non-hydrogen) atoms. The highest BCUT2D eigenvalue weighted by Crippen LogP contribution is 2.27. The fourth-order valence-electron chi connectivity index (χ4n) is 2.48. The van der Waals surface area contributed by atoms with Gasteiger partial charge in [-0.3, -0.25) is 9.59 Å². The van der Waals surface area contributed by atoms with Crippen LogP contribution >= 0.6 is 11.6 Å². The van der Waals surface area contributed by atoms with Crippen molar-refractivity contribution in [2.45, 2.75) is 20.8 Å². The predicted molar refractivity (Wildman–Crippen MR) is 111 cm³/mol. The number of benzene rings is 2. The van der Waals surface area contributed by atoms with Gasteiger partial charge in [0.05, 0.1) is 12.1 Å². The summed E-state index contributed by atoms with van der Waals surface area (Å²) in [5.74, 6) is 0.762. The van der Waals surface area contributed by atoms with Crippen molar-refractivity contribution in [2.24, 2.45) is 5.41 Å². The smallest absolute Gasteiger partial charge is 0.262 e. The van der Waals surface area contributed by atoms with Crippen LogP contribution < -0.4 is 19.7 Å². The molecule has 0 radical (unpaired) electrons. The van der Waals surface area contributed by atoms with Gasteiger partial charge in [-0.05, 0) is 42.5 Å². The minimum atomic E-state index is -0.466. The number of carbonyl (C=O) groups excluding carboxylic acids is 2. The Bertz CT molecular complexity index is 844. The van der Waals surface area contributed by atoms with Crippen LogP contribution in [0.25, 0.3) is 0 Å². The van der Waals surface area contributed by atoms with Gasteiger partial charge in [-0.15, -0.1) is 0 Å². The number of amides is 2. The normalized spacial score (nSPS) is 10.9. The van der Waals surface area contributed by atoms with Gasteiger partial charge < -0.3 is 19.7 Å². The molecule has 0 unspecified atom stereocenters. The van der Waals surface area contributed by atoms with E-state index in [2.05, 4.69) is 5.32 Å². The molecule has 2 aromatic rings. The van der Waals surface area contributed by atoms with Crippen molar-refractivity contribution in [3.8, 4) is 11.5 Å². The summed E-state index contributed by atoms with van der Waals surface area (Å²) in [5, 5.41) is 3.12. The SMILES string of the molecule is COc1ccc(NC(=O)COc2ccc(N(C)C(=O)C(C)(C)C)cc2)cc1Cl. The summed E-state index contributed by atoms with van der Waals surface area (Å²) in [6, 6.07) is 12.0. The fraction of sp³-hybridized carbons (Fsp3) is 0.333. The van der Waals surface area contributed by atoms with Gasteiger partial charge in [0.1, 0.15) is 11.5 Å². The van der Waals surface area contributed by atoms with Crippen LogP contribution in [0.3, 0.4) is 0 Å². The zero-order valence-corrected chi connectivity index (χ0v) is 17.5. The summed E-state index contributed by atoms with van der Waals surface area (Å²) in [6.45, 7) is 5.47. The van der Waals surface area contributed by atoms with E-state index in [1.807, 2.05) is 20.8 Å². The predicted octanol–water partition coefficient (Wildman–Crippen LogP) is 4.38. The molecular weight excluding hydrogens is 380 g/mol. The highest BCUT2D eigenvalue weighted by atomic mass is 35.5. The van der Waals surface area contributed by atoms with Gasteiger partial charge in [-0.1, -0.05) is 32.4 Å². The summed E-state index contributed by atoms with van der Waals surface area (Å²) >= 11 is 6.04. The molecule has 2 rings (SSSR count). The molecule has 0 aliphatic carbocycles. The molecule has 0 aliphatic heterocycles. The number of rotatable bonds is 6. The van der Waals surface area contributed by atoms with Crippen molar-refractivity contribution in [2.75, 3.05) is 31.0 Å². The van der Waals surface area contributed by atoms with Crippen LogP contribution in [0.1, 0.15) is 20.8 Å². The maximum absolute atomic E-state index is 12.3. The van der Waals surface area contributed by atoms with Gasteiger partial charge in [0, 0.05) is 23.8 Å². The molecule has 150 valence electrons. The summed E-state index contributed by atoms with van der Waals surface area (Å²) < 4.78 is 10.6. The molecule has 0 aliphatic rings. The number of methoxy groups -OCH3 is 1. The zero-order chi connectivity index (χ0) is 20.9. The van der Waals surface area contributed by atoms with Gasteiger partial charge >= 0.3 is 0 Å². The van der Waals surface area contributed by atoms with E-state index in [4.69, 9.17) is 21.1 Å². The number of anilines is 2. The quantitative estimate of drug-likeness (QED) is 0.776. The molecule has 0 bridgehead atoms. The van der Waals surface area contributed by atoms with Crippen LogP contribution in [0.4, 0.5) is 11.4 Å². The number of halogens is 1. The zero-order valence-electron chi connectivity index (χ0n) is 16.7.